The number of nitrogens with zero attached hydrogens (tertiary/aromatic N) is 4. The molecule has 0 amide bonds. The Morgan fingerprint density at radius 3 is 1.46 bits per heavy atom. The summed E-state index contributed by atoms with van der Waals surface area (Å²) in [6, 6.07) is 73.3. The summed E-state index contributed by atoms with van der Waals surface area (Å²) in [5, 5.41) is 9.73. The van der Waals surface area contributed by atoms with Gasteiger partial charge in [-0.3, -0.25) is 4.57 Å². The first kappa shape index (κ1) is 33.0. The maximum Gasteiger partial charge on any atom is 0.238 e. The van der Waals surface area contributed by atoms with Crippen molar-refractivity contribution in [2.45, 2.75) is 0 Å². The minimum absolute atomic E-state index is 0.577. The number of para-hydroxylation sites is 2. The van der Waals surface area contributed by atoms with Crippen molar-refractivity contribution in [2.75, 3.05) is 0 Å². The summed E-state index contributed by atoms with van der Waals surface area (Å²) < 4.78 is 8.56. The highest BCUT2D eigenvalue weighted by atomic mass is 28.3. The Bertz CT molecular complexity index is 3140. The van der Waals surface area contributed by atoms with Crippen molar-refractivity contribution in [2.24, 2.45) is 0 Å². The molecule has 8 aromatic carbocycles. The largest absolute Gasteiger partial charge is 0.456 e. The second-order valence-corrected chi connectivity index (χ2v) is 18.2. The summed E-state index contributed by atoms with van der Waals surface area (Å²) in [6.45, 7) is 0. The molecular formula is C51H34N4OSi. The van der Waals surface area contributed by atoms with E-state index in [1.54, 1.807) is 0 Å². The third kappa shape index (κ3) is 5.34. The first-order chi connectivity index (χ1) is 28.3. The molecule has 0 saturated carbocycles. The van der Waals surface area contributed by atoms with Crippen molar-refractivity contribution in [3.05, 3.63) is 206 Å². The second-order valence-electron chi connectivity index (χ2n) is 14.4. The minimum atomic E-state index is -2.95. The van der Waals surface area contributed by atoms with E-state index >= 15 is 0 Å². The Morgan fingerprint density at radius 1 is 0.351 bits per heavy atom. The van der Waals surface area contributed by atoms with Gasteiger partial charge in [0.2, 0.25) is 5.95 Å². The molecule has 3 aromatic heterocycles. The highest BCUT2D eigenvalue weighted by Gasteiger charge is 2.42. The van der Waals surface area contributed by atoms with E-state index in [0.717, 1.165) is 54.9 Å². The monoisotopic (exact) mass is 746 g/mol. The van der Waals surface area contributed by atoms with Crippen molar-refractivity contribution >= 4 is 72.6 Å². The van der Waals surface area contributed by atoms with E-state index in [4.69, 9.17) is 19.4 Å². The lowest BCUT2D eigenvalue weighted by molar-refractivity contribution is 0.669. The summed E-state index contributed by atoms with van der Waals surface area (Å²) in [6.07, 6.45) is 0. The Kier molecular flexibility index (Phi) is 7.76. The zero-order valence-electron chi connectivity index (χ0n) is 30.8. The molecular weight excluding hydrogens is 713 g/mol. The van der Waals surface area contributed by atoms with E-state index in [-0.39, 0.29) is 0 Å². The van der Waals surface area contributed by atoms with E-state index in [9.17, 15) is 0 Å². The van der Waals surface area contributed by atoms with E-state index in [1.807, 2.05) is 66.7 Å². The van der Waals surface area contributed by atoms with Crippen molar-refractivity contribution in [3.63, 3.8) is 0 Å². The Hall–Kier alpha value is -7.41. The molecule has 3 heterocycles. The van der Waals surface area contributed by atoms with Crippen LogP contribution in [-0.4, -0.2) is 27.6 Å². The third-order valence-corrected chi connectivity index (χ3v) is 16.0. The lowest BCUT2D eigenvalue weighted by Crippen LogP contribution is -2.74. The number of aromatic nitrogens is 4. The van der Waals surface area contributed by atoms with Crippen LogP contribution in [0.4, 0.5) is 0 Å². The molecule has 0 saturated heterocycles. The molecule has 0 fully saturated rings. The quantitative estimate of drug-likeness (QED) is 0.121. The summed E-state index contributed by atoms with van der Waals surface area (Å²) in [4.78, 5) is 15.3. The molecule has 11 aromatic rings. The molecule has 0 aliphatic carbocycles. The number of hydrogen-bond donors (Lipinski definition) is 0. The predicted molar refractivity (Wildman–Crippen MR) is 236 cm³/mol. The molecule has 0 N–H and O–H groups in total. The zero-order chi connectivity index (χ0) is 37.8. The molecule has 57 heavy (non-hydrogen) atoms. The van der Waals surface area contributed by atoms with Crippen LogP contribution in [-0.2, 0) is 0 Å². The Labute approximate surface area is 330 Å². The van der Waals surface area contributed by atoms with Crippen LogP contribution in [0.25, 0.3) is 72.5 Å². The van der Waals surface area contributed by atoms with Gasteiger partial charge in [0.25, 0.3) is 0 Å². The van der Waals surface area contributed by atoms with Gasteiger partial charge in [-0.15, -0.1) is 0 Å². The first-order valence-corrected chi connectivity index (χ1v) is 21.2. The molecule has 0 aliphatic heterocycles. The van der Waals surface area contributed by atoms with Gasteiger partial charge in [-0.25, -0.2) is 4.98 Å². The van der Waals surface area contributed by atoms with Crippen molar-refractivity contribution in [1.29, 1.82) is 0 Å². The van der Waals surface area contributed by atoms with Crippen LogP contribution < -0.4 is 20.7 Å². The van der Waals surface area contributed by atoms with Crippen LogP contribution in [0.5, 0.6) is 0 Å². The van der Waals surface area contributed by atoms with E-state index in [1.165, 1.54) is 20.7 Å². The molecule has 0 bridgehead atoms. The average Bonchev–Trinajstić information content (AvgIpc) is 3.83. The van der Waals surface area contributed by atoms with Gasteiger partial charge < -0.3 is 4.42 Å². The SMILES string of the molecule is c1ccc(-c2nc(-c3ccccc3)nc(-n3c4ccccc4c4cc([Si](c5ccccc5)(c5ccccc5)c5ccc6oc7ccccc7c6c5)ccc43)n2)cc1. The van der Waals surface area contributed by atoms with Crippen LogP contribution in [0.2, 0.25) is 0 Å². The van der Waals surface area contributed by atoms with Gasteiger partial charge in [-0.05, 0) is 45.0 Å². The lowest BCUT2D eigenvalue weighted by Gasteiger charge is -2.34. The summed E-state index contributed by atoms with van der Waals surface area (Å²) in [5.74, 6) is 1.83. The van der Waals surface area contributed by atoms with Gasteiger partial charge in [-0.1, -0.05) is 182 Å². The first-order valence-electron chi connectivity index (χ1n) is 19.2. The molecule has 0 spiro atoms. The molecule has 268 valence electrons. The second kappa shape index (κ2) is 13.4. The van der Waals surface area contributed by atoms with Gasteiger partial charge in [0.05, 0.1) is 11.0 Å². The summed E-state index contributed by atoms with van der Waals surface area (Å²) in [7, 11) is -2.95. The maximum atomic E-state index is 6.36. The van der Waals surface area contributed by atoms with Gasteiger partial charge in [-0.2, -0.15) is 9.97 Å². The van der Waals surface area contributed by atoms with Crippen LogP contribution in [0, 0.1) is 0 Å². The topological polar surface area (TPSA) is 56.7 Å². The number of furan rings is 1. The van der Waals surface area contributed by atoms with E-state index in [0.29, 0.717) is 17.6 Å². The molecule has 11 rings (SSSR count). The minimum Gasteiger partial charge on any atom is -0.456 e. The fourth-order valence-electron chi connectivity index (χ4n) is 8.65. The van der Waals surface area contributed by atoms with Gasteiger partial charge >= 0.3 is 0 Å². The van der Waals surface area contributed by atoms with E-state index in [2.05, 4.69) is 144 Å². The van der Waals surface area contributed by atoms with Gasteiger partial charge in [0.1, 0.15) is 11.2 Å². The van der Waals surface area contributed by atoms with Crippen LogP contribution >= 0.6 is 0 Å². The number of hydrogen-bond acceptors (Lipinski definition) is 4. The maximum absolute atomic E-state index is 6.36. The van der Waals surface area contributed by atoms with Gasteiger partial charge in [0, 0.05) is 32.7 Å². The molecule has 6 heteroatoms. The summed E-state index contributed by atoms with van der Waals surface area (Å²) in [5.41, 5.74) is 5.73. The van der Waals surface area contributed by atoms with Crippen molar-refractivity contribution < 1.29 is 4.42 Å². The number of rotatable bonds is 7. The van der Waals surface area contributed by atoms with Crippen LogP contribution in [0.3, 0.4) is 0 Å². The van der Waals surface area contributed by atoms with E-state index < -0.39 is 8.07 Å². The molecule has 0 atom stereocenters. The Balaban J connectivity index is 1.21. The normalized spacial score (nSPS) is 11.9. The van der Waals surface area contributed by atoms with Crippen molar-refractivity contribution in [1.82, 2.24) is 19.5 Å². The van der Waals surface area contributed by atoms with Crippen molar-refractivity contribution in [3.8, 4) is 28.7 Å². The van der Waals surface area contributed by atoms with Gasteiger partial charge in [0.15, 0.2) is 19.7 Å². The fourth-order valence-corrected chi connectivity index (χ4v) is 13.4. The smallest absolute Gasteiger partial charge is 0.238 e. The molecule has 0 radical (unpaired) electrons. The fraction of sp³-hybridized carbons (Fsp3) is 0. The number of fused-ring (bicyclic) bond motifs is 6. The summed E-state index contributed by atoms with van der Waals surface area (Å²) >= 11 is 0. The number of benzene rings is 8. The Morgan fingerprint density at radius 2 is 0.825 bits per heavy atom. The standard InChI is InChI=1S/C51H34N4OSi/c1-5-17-35(18-6-1)49-52-50(36-19-7-2-8-20-36)54-51(53-49)55-45-27-15-13-25-41(45)43-33-39(29-31-46(43)55)57(37-21-9-3-10-22-37,38-23-11-4-12-24-38)40-30-32-48-44(34-40)42-26-14-16-28-47(42)56-48/h1-34H. The highest BCUT2D eigenvalue weighted by molar-refractivity contribution is 7.20. The predicted octanol–water partition coefficient (Wildman–Crippen LogP) is 9.58. The molecule has 5 nitrogen and oxygen atoms in total. The van der Waals surface area contributed by atoms with Crippen LogP contribution in [0.15, 0.2) is 211 Å². The van der Waals surface area contributed by atoms with Crippen LogP contribution in [0.1, 0.15) is 0 Å². The molecule has 0 unspecified atom stereocenters. The lowest BCUT2D eigenvalue weighted by atomic mass is 10.1. The zero-order valence-corrected chi connectivity index (χ0v) is 31.8. The molecule has 0 aliphatic rings. The highest BCUT2D eigenvalue weighted by Crippen LogP contribution is 2.33. The average molecular weight is 747 g/mol. The third-order valence-electron chi connectivity index (χ3n) is 11.2.